The maximum Gasteiger partial charge on any atom is 0.306 e. The average Bonchev–Trinajstić information content (AvgIpc) is 2.52. The lowest BCUT2D eigenvalue weighted by Crippen LogP contribution is -2.07. The summed E-state index contributed by atoms with van der Waals surface area (Å²) in [6, 6.07) is 2.03. The van der Waals surface area contributed by atoms with Crippen LogP contribution >= 0.6 is 0 Å². The van der Waals surface area contributed by atoms with Crippen molar-refractivity contribution in [1.29, 1.82) is 0 Å². The van der Waals surface area contributed by atoms with Gasteiger partial charge in [0.05, 0.1) is 13.0 Å². The number of esters is 1. The van der Waals surface area contributed by atoms with E-state index >= 15 is 0 Å². The molecule has 0 aliphatic rings. The van der Waals surface area contributed by atoms with E-state index in [0.29, 0.717) is 13.0 Å². The van der Waals surface area contributed by atoms with Crippen LogP contribution in [-0.4, -0.2) is 17.1 Å². The van der Waals surface area contributed by atoms with E-state index in [1.165, 1.54) is 5.56 Å². The van der Waals surface area contributed by atoms with Crippen molar-refractivity contribution in [3.63, 3.8) is 0 Å². The van der Waals surface area contributed by atoms with Crippen LogP contribution in [0.2, 0.25) is 0 Å². The highest BCUT2D eigenvalue weighted by Crippen LogP contribution is 2.19. The maximum atomic E-state index is 11.2. The second kappa shape index (κ2) is 4.84. The van der Waals surface area contributed by atoms with Crippen LogP contribution in [0.4, 0.5) is 0 Å². The standard InChI is InChI=1S/C11H17NO2/c1-4-14-11(13)7-9(2)10-5-6-12(3)8-10/h5-6,8-9H,4,7H2,1-3H3. The van der Waals surface area contributed by atoms with Crippen LogP contribution in [0.15, 0.2) is 18.5 Å². The first-order valence-electron chi connectivity index (χ1n) is 4.91. The number of aromatic nitrogens is 1. The molecule has 1 atom stereocenters. The van der Waals surface area contributed by atoms with Gasteiger partial charge in [0.25, 0.3) is 0 Å². The summed E-state index contributed by atoms with van der Waals surface area (Å²) in [6.45, 7) is 4.32. The molecule has 0 saturated heterocycles. The number of rotatable bonds is 4. The first-order valence-corrected chi connectivity index (χ1v) is 4.91. The van der Waals surface area contributed by atoms with Gasteiger partial charge in [-0.3, -0.25) is 4.79 Å². The molecular formula is C11H17NO2. The Morgan fingerprint density at radius 1 is 1.64 bits per heavy atom. The average molecular weight is 195 g/mol. The Labute approximate surface area is 84.7 Å². The van der Waals surface area contributed by atoms with Crippen molar-refractivity contribution in [2.75, 3.05) is 6.61 Å². The van der Waals surface area contributed by atoms with E-state index in [4.69, 9.17) is 4.74 Å². The lowest BCUT2D eigenvalue weighted by Gasteiger charge is -2.08. The molecular weight excluding hydrogens is 178 g/mol. The van der Waals surface area contributed by atoms with Crippen LogP contribution in [0, 0.1) is 0 Å². The van der Waals surface area contributed by atoms with E-state index in [9.17, 15) is 4.79 Å². The molecule has 1 heterocycles. The van der Waals surface area contributed by atoms with Crippen molar-refractivity contribution in [2.24, 2.45) is 7.05 Å². The number of hydrogen-bond acceptors (Lipinski definition) is 2. The summed E-state index contributed by atoms with van der Waals surface area (Å²) in [5.74, 6) is 0.110. The summed E-state index contributed by atoms with van der Waals surface area (Å²) in [7, 11) is 1.97. The Hall–Kier alpha value is -1.25. The second-order valence-corrected chi connectivity index (χ2v) is 3.52. The van der Waals surface area contributed by atoms with Gasteiger partial charge in [-0.05, 0) is 24.5 Å². The van der Waals surface area contributed by atoms with Crippen LogP contribution < -0.4 is 0 Å². The van der Waals surface area contributed by atoms with Crippen LogP contribution in [0.5, 0.6) is 0 Å². The van der Waals surface area contributed by atoms with Gasteiger partial charge in [-0.2, -0.15) is 0 Å². The van der Waals surface area contributed by atoms with E-state index in [1.54, 1.807) is 0 Å². The third kappa shape index (κ3) is 2.91. The number of carbonyl (C=O) groups excluding carboxylic acids is 1. The zero-order valence-electron chi connectivity index (χ0n) is 8.99. The minimum atomic E-state index is -0.121. The molecule has 0 fully saturated rings. The van der Waals surface area contributed by atoms with Gasteiger partial charge >= 0.3 is 5.97 Å². The van der Waals surface area contributed by atoms with E-state index in [2.05, 4.69) is 0 Å². The fraction of sp³-hybridized carbons (Fsp3) is 0.545. The molecule has 78 valence electrons. The van der Waals surface area contributed by atoms with E-state index in [0.717, 1.165) is 0 Å². The molecule has 0 spiro atoms. The molecule has 0 saturated carbocycles. The Bertz CT molecular complexity index is 304. The van der Waals surface area contributed by atoms with Gasteiger partial charge in [0, 0.05) is 19.4 Å². The summed E-state index contributed by atoms with van der Waals surface area (Å²) in [5.41, 5.74) is 1.18. The summed E-state index contributed by atoms with van der Waals surface area (Å²) in [6.07, 6.45) is 4.47. The van der Waals surface area contributed by atoms with Crippen molar-refractivity contribution >= 4 is 5.97 Å². The van der Waals surface area contributed by atoms with Gasteiger partial charge in [-0.1, -0.05) is 6.92 Å². The highest BCUT2D eigenvalue weighted by molar-refractivity contribution is 5.70. The molecule has 0 radical (unpaired) electrons. The summed E-state index contributed by atoms with van der Waals surface area (Å²) in [5, 5.41) is 0. The third-order valence-corrected chi connectivity index (χ3v) is 2.20. The Morgan fingerprint density at radius 3 is 2.86 bits per heavy atom. The van der Waals surface area contributed by atoms with Crippen molar-refractivity contribution in [1.82, 2.24) is 4.57 Å². The third-order valence-electron chi connectivity index (χ3n) is 2.20. The van der Waals surface area contributed by atoms with Crippen molar-refractivity contribution in [2.45, 2.75) is 26.2 Å². The van der Waals surface area contributed by atoms with Gasteiger partial charge in [0.1, 0.15) is 0 Å². The van der Waals surface area contributed by atoms with Crippen LogP contribution in [0.3, 0.4) is 0 Å². The molecule has 3 heteroatoms. The van der Waals surface area contributed by atoms with Gasteiger partial charge in [-0.25, -0.2) is 0 Å². The largest absolute Gasteiger partial charge is 0.466 e. The topological polar surface area (TPSA) is 31.2 Å². The maximum absolute atomic E-state index is 11.2. The van der Waals surface area contributed by atoms with Crippen LogP contribution in [-0.2, 0) is 16.6 Å². The zero-order valence-corrected chi connectivity index (χ0v) is 8.99. The Kier molecular flexibility index (Phi) is 3.74. The first kappa shape index (κ1) is 10.8. The minimum absolute atomic E-state index is 0.121. The number of aryl methyl sites for hydroxylation is 1. The quantitative estimate of drug-likeness (QED) is 0.689. The molecule has 0 aliphatic heterocycles. The molecule has 1 aromatic rings. The zero-order chi connectivity index (χ0) is 10.6. The second-order valence-electron chi connectivity index (χ2n) is 3.52. The fourth-order valence-corrected chi connectivity index (χ4v) is 1.40. The normalized spacial score (nSPS) is 12.5. The number of hydrogen-bond donors (Lipinski definition) is 0. The van der Waals surface area contributed by atoms with Crippen LogP contribution in [0.25, 0.3) is 0 Å². The summed E-state index contributed by atoms with van der Waals surface area (Å²) in [4.78, 5) is 11.2. The fourth-order valence-electron chi connectivity index (χ4n) is 1.40. The van der Waals surface area contributed by atoms with E-state index in [1.807, 2.05) is 43.9 Å². The highest BCUT2D eigenvalue weighted by Gasteiger charge is 2.12. The number of nitrogens with zero attached hydrogens (tertiary/aromatic N) is 1. The smallest absolute Gasteiger partial charge is 0.306 e. The van der Waals surface area contributed by atoms with Gasteiger partial charge in [0.15, 0.2) is 0 Å². The van der Waals surface area contributed by atoms with Gasteiger partial charge in [-0.15, -0.1) is 0 Å². The first-order chi connectivity index (χ1) is 6.63. The molecule has 0 amide bonds. The van der Waals surface area contributed by atoms with E-state index in [-0.39, 0.29) is 11.9 Å². The molecule has 3 nitrogen and oxygen atoms in total. The predicted molar refractivity (Wildman–Crippen MR) is 55.1 cm³/mol. The molecule has 1 unspecified atom stereocenters. The SMILES string of the molecule is CCOC(=O)CC(C)c1ccn(C)c1. The molecule has 0 aliphatic carbocycles. The lowest BCUT2D eigenvalue weighted by atomic mass is 10.0. The van der Waals surface area contributed by atoms with Crippen molar-refractivity contribution < 1.29 is 9.53 Å². The Morgan fingerprint density at radius 2 is 2.36 bits per heavy atom. The molecule has 1 rings (SSSR count). The molecule has 14 heavy (non-hydrogen) atoms. The monoisotopic (exact) mass is 195 g/mol. The van der Waals surface area contributed by atoms with Crippen molar-refractivity contribution in [3.8, 4) is 0 Å². The van der Waals surface area contributed by atoms with Gasteiger partial charge < -0.3 is 9.30 Å². The van der Waals surface area contributed by atoms with Gasteiger partial charge in [0.2, 0.25) is 0 Å². The molecule has 1 aromatic heterocycles. The Balaban J connectivity index is 2.50. The summed E-state index contributed by atoms with van der Waals surface area (Å²) < 4.78 is 6.88. The predicted octanol–water partition coefficient (Wildman–Crippen LogP) is 2.08. The number of ether oxygens (including phenoxy) is 1. The number of carbonyl (C=O) groups is 1. The molecule has 0 bridgehead atoms. The molecule has 0 aromatic carbocycles. The highest BCUT2D eigenvalue weighted by atomic mass is 16.5. The summed E-state index contributed by atoms with van der Waals surface area (Å²) >= 11 is 0. The van der Waals surface area contributed by atoms with E-state index < -0.39 is 0 Å². The minimum Gasteiger partial charge on any atom is -0.466 e. The van der Waals surface area contributed by atoms with Crippen molar-refractivity contribution in [3.05, 3.63) is 24.0 Å². The lowest BCUT2D eigenvalue weighted by molar-refractivity contribution is -0.143. The van der Waals surface area contributed by atoms with Crippen LogP contribution in [0.1, 0.15) is 31.7 Å². The molecule has 0 N–H and O–H groups in total.